The van der Waals surface area contributed by atoms with Crippen molar-refractivity contribution in [2.75, 3.05) is 32.1 Å². The van der Waals surface area contributed by atoms with E-state index in [2.05, 4.69) is 31.0 Å². The van der Waals surface area contributed by atoms with E-state index in [1.807, 2.05) is 29.8 Å². The number of methoxy groups -OCH3 is 1. The smallest absolute Gasteiger partial charge is 0.255 e. The Bertz CT molecular complexity index is 1110. The lowest BCUT2D eigenvalue weighted by Crippen LogP contribution is -2.48. The molecule has 0 saturated carbocycles. The van der Waals surface area contributed by atoms with E-state index in [1.54, 1.807) is 19.7 Å². The van der Waals surface area contributed by atoms with Crippen LogP contribution in [-0.2, 0) is 19.6 Å². The lowest BCUT2D eigenvalue weighted by molar-refractivity contribution is 0.274. The Balaban J connectivity index is 1.35. The van der Waals surface area contributed by atoms with Crippen molar-refractivity contribution in [3.63, 3.8) is 0 Å². The predicted octanol–water partition coefficient (Wildman–Crippen LogP) is 1.89. The third-order valence-electron chi connectivity index (χ3n) is 6.21. The van der Waals surface area contributed by atoms with Gasteiger partial charge in [-0.05, 0) is 25.5 Å². The van der Waals surface area contributed by atoms with Crippen molar-refractivity contribution in [1.29, 1.82) is 0 Å². The molecule has 0 amide bonds. The van der Waals surface area contributed by atoms with Gasteiger partial charge in [-0.1, -0.05) is 11.2 Å². The van der Waals surface area contributed by atoms with Crippen LogP contribution < -0.4 is 15.2 Å². The number of aromatic nitrogens is 4. The molecule has 1 saturated heterocycles. The summed E-state index contributed by atoms with van der Waals surface area (Å²) < 4.78 is 12.1. The third kappa shape index (κ3) is 3.93. The first-order valence-corrected chi connectivity index (χ1v) is 10.5. The number of ether oxygens (including phenoxy) is 1. The van der Waals surface area contributed by atoms with Crippen LogP contribution in [0.25, 0.3) is 0 Å². The maximum Gasteiger partial charge on any atom is 0.255 e. The highest BCUT2D eigenvalue weighted by molar-refractivity contribution is 5.43. The lowest BCUT2D eigenvalue weighted by atomic mass is 9.83. The molecule has 3 aromatic heterocycles. The summed E-state index contributed by atoms with van der Waals surface area (Å²) in [5, 5.41) is 3.95. The van der Waals surface area contributed by atoms with E-state index in [1.165, 1.54) is 0 Å². The average molecular weight is 422 g/mol. The van der Waals surface area contributed by atoms with Gasteiger partial charge in [0, 0.05) is 62.0 Å². The highest BCUT2D eigenvalue weighted by atomic mass is 16.5. The first kappa shape index (κ1) is 19.7. The molecule has 0 aliphatic carbocycles. The minimum absolute atomic E-state index is 0.122. The minimum atomic E-state index is 0.122. The van der Waals surface area contributed by atoms with Gasteiger partial charge in [-0.15, -0.1) is 0 Å². The second-order valence-electron chi connectivity index (χ2n) is 8.48. The summed E-state index contributed by atoms with van der Waals surface area (Å²) in [7, 11) is 3.60. The Kier molecular flexibility index (Phi) is 5.19. The molecule has 31 heavy (non-hydrogen) atoms. The van der Waals surface area contributed by atoms with Gasteiger partial charge in [0.2, 0.25) is 5.88 Å². The predicted molar refractivity (Wildman–Crippen MR) is 114 cm³/mol. The van der Waals surface area contributed by atoms with Gasteiger partial charge in [0.1, 0.15) is 18.4 Å². The number of pyridine rings is 1. The van der Waals surface area contributed by atoms with Gasteiger partial charge in [-0.2, -0.15) is 0 Å². The van der Waals surface area contributed by atoms with Crippen molar-refractivity contribution in [3.05, 3.63) is 64.2 Å². The van der Waals surface area contributed by atoms with Crippen LogP contribution >= 0.6 is 0 Å². The zero-order valence-electron chi connectivity index (χ0n) is 17.8. The van der Waals surface area contributed by atoms with Crippen molar-refractivity contribution in [2.24, 2.45) is 5.92 Å². The number of hydrogen-bond donors (Lipinski definition) is 0. The molecular weight excluding hydrogens is 396 g/mol. The van der Waals surface area contributed by atoms with Crippen molar-refractivity contribution in [2.45, 2.75) is 32.0 Å². The molecule has 9 heteroatoms. The normalized spacial score (nSPS) is 20.0. The van der Waals surface area contributed by atoms with E-state index in [0.29, 0.717) is 30.8 Å². The highest BCUT2D eigenvalue weighted by Gasteiger charge is 2.35. The zero-order valence-corrected chi connectivity index (χ0v) is 17.8. The molecule has 2 aliphatic rings. The van der Waals surface area contributed by atoms with Gasteiger partial charge in [0.05, 0.1) is 12.8 Å². The van der Waals surface area contributed by atoms with Crippen LogP contribution in [0.1, 0.15) is 29.3 Å². The highest BCUT2D eigenvalue weighted by Crippen LogP contribution is 2.36. The fourth-order valence-electron chi connectivity index (χ4n) is 4.86. The molecule has 2 aliphatic heterocycles. The molecule has 3 aromatic rings. The largest absolute Gasteiger partial charge is 0.481 e. The summed E-state index contributed by atoms with van der Waals surface area (Å²) in [6.45, 7) is 3.67. The maximum absolute atomic E-state index is 13.3. The molecule has 1 fully saturated rings. The van der Waals surface area contributed by atoms with Crippen LogP contribution in [0.15, 0.2) is 46.2 Å². The summed E-state index contributed by atoms with van der Waals surface area (Å²) in [6, 6.07) is 7.84. The van der Waals surface area contributed by atoms with E-state index in [4.69, 9.17) is 9.26 Å². The molecule has 0 spiro atoms. The second kappa shape index (κ2) is 8.14. The molecule has 5 heterocycles. The Morgan fingerprint density at radius 3 is 2.90 bits per heavy atom. The number of anilines is 1. The molecule has 2 bridgehead atoms. The van der Waals surface area contributed by atoms with Crippen molar-refractivity contribution in [1.82, 2.24) is 24.6 Å². The standard InChI is InChI=1S/C22H26N6O3/c1-26(13-18-5-6-31-25-18)11-16-3-4-19-17-7-15(10-28(19)22(16)29)9-27(12-17)20-8-21(30-2)24-14-23-20/h3-6,8,14-15,17H,7,9-13H2,1-2H3/t15-,17+/m0/s1. The Hall–Kier alpha value is -3.20. The number of piperidine rings is 1. The van der Waals surface area contributed by atoms with Crippen LogP contribution in [0, 0.1) is 5.92 Å². The van der Waals surface area contributed by atoms with E-state index in [-0.39, 0.29) is 5.56 Å². The molecule has 0 aromatic carbocycles. The third-order valence-corrected chi connectivity index (χ3v) is 6.21. The monoisotopic (exact) mass is 422 g/mol. The fourth-order valence-corrected chi connectivity index (χ4v) is 4.86. The molecule has 2 atom stereocenters. The first-order valence-electron chi connectivity index (χ1n) is 10.5. The van der Waals surface area contributed by atoms with Gasteiger partial charge >= 0.3 is 0 Å². The molecular formula is C22H26N6O3. The van der Waals surface area contributed by atoms with E-state index in [0.717, 1.165) is 48.8 Å². The summed E-state index contributed by atoms with van der Waals surface area (Å²) >= 11 is 0. The number of hydrogen-bond acceptors (Lipinski definition) is 8. The van der Waals surface area contributed by atoms with E-state index >= 15 is 0 Å². The minimum Gasteiger partial charge on any atom is -0.481 e. The average Bonchev–Trinajstić information content (AvgIpc) is 3.29. The molecule has 0 radical (unpaired) electrons. The van der Waals surface area contributed by atoms with Crippen LogP contribution in [0.2, 0.25) is 0 Å². The summed E-state index contributed by atoms with van der Waals surface area (Å²) in [5.74, 6) is 2.16. The molecule has 5 rings (SSSR count). The quantitative estimate of drug-likeness (QED) is 0.595. The van der Waals surface area contributed by atoms with Crippen LogP contribution in [0.4, 0.5) is 5.82 Å². The SMILES string of the molecule is COc1cc(N2C[C@@H]3C[C@H](C2)c2ccc(CN(C)Cc4ccon4)c(=O)n2C3)ncn1. The Morgan fingerprint density at radius 2 is 2.10 bits per heavy atom. The molecule has 162 valence electrons. The zero-order chi connectivity index (χ0) is 21.4. The lowest BCUT2D eigenvalue weighted by Gasteiger charge is -2.43. The summed E-state index contributed by atoms with van der Waals surface area (Å²) in [5.41, 5.74) is 2.91. The van der Waals surface area contributed by atoms with Crippen molar-refractivity contribution >= 4 is 5.82 Å². The van der Waals surface area contributed by atoms with Crippen LogP contribution in [0.5, 0.6) is 5.88 Å². The van der Waals surface area contributed by atoms with E-state index in [9.17, 15) is 4.79 Å². The van der Waals surface area contributed by atoms with Crippen LogP contribution in [-0.4, -0.2) is 51.8 Å². The van der Waals surface area contributed by atoms with Gasteiger partial charge < -0.3 is 18.7 Å². The number of fused-ring (bicyclic) bond motifs is 4. The maximum atomic E-state index is 13.3. The molecule has 9 nitrogen and oxygen atoms in total. The fraction of sp³-hybridized carbons (Fsp3) is 0.455. The van der Waals surface area contributed by atoms with Crippen molar-refractivity contribution < 1.29 is 9.26 Å². The molecule has 0 N–H and O–H groups in total. The van der Waals surface area contributed by atoms with Crippen LogP contribution in [0.3, 0.4) is 0 Å². The Labute approximate surface area is 180 Å². The van der Waals surface area contributed by atoms with Gasteiger partial charge in [-0.25, -0.2) is 9.97 Å². The number of rotatable bonds is 6. The van der Waals surface area contributed by atoms with Crippen molar-refractivity contribution in [3.8, 4) is 5.88 Å². The Morgan fingerprint density at radius 1 is 1.19 bits per heavy atom. The first-order chi connectivity index (χ1) is 15.1. The van der Waals surface area contributed by atoms with E-state index < -0.39 is 0 Å². The number of nitrogens with zero attached hydrogens (tertiary/aromatic N) is 6. The van der Waals surface area contributed by atoms with Gasteiger partial charge in [-0.3, -0.25) is 9.69 Å². The summed E-state index contributed by atoms with van der Waals surface area (Å²) in [6.07, 6.45) is 4.21. The topological polar surface area (TPSA) is 89.5 Å². The summed E-state index contributed by atoms with van der Waals surface area (Å²) in [4.78, 5) is 26.2. The van der Waals surface area contributed by atoms with Gasteiger partial charge in [0.25, 0.3) is 5.56 Å². The second-order valence-corrected chi connectivity index (χ2v) is 8.48. The molecule has 0 unspecified atom stereocenters. The van der Waals surface area contributed by atoms with Gasteiger partial charge in [0.15, 0.2) is 0 Å².